The molecule has 0 spiro atoms. The van der Waals surface area contributed by atoms with Crippen LogP contribution in [0, 0.1) is 11.8 Å². The van der Waals surface area contributed by atoms with Crippen LogP contribution in [0.15, 0.2) is 30.3 Å². The lowest BCUT2D eigenvalue weighted by Crippen LogP contribution is -2.65. The van der Waals surface area contributed by atoms with E-state index in [9.17, 15) is 0 Å². The van der Waals surface area contributed by atoms with Crippen LogP contribution in [0.5, 0.6) is 0 Å². The molecule has 2 unspecified atom stereocenters. The van der Waals surface area contributed by atoms with Crippen LogP contribution < -0.4 is 11.1 Å². The molecular formula is C16H22N2. The molecule has 4 bridgehead atoms. The van der Waals surface area contributed by atoms with E-state index in [1.807, 2.05) is 0 Å². The number of benzene rings is 1. The molecule has 4 aliphatic carbocycles. The summed E-state index contributed by atoms with van der Waals surface area (Å²) in [5.41, 5.74) is 8.31. The van der Waals surface area contributed by atoms with Crippen molar-refractivity contribution in [2.45, 2.75) is 49.6 Å². The first-order valence-electron chi connectivity index (χ1n) is 7.27. The fourth-order valence-electron chi connectivity index (χ4n) is 5.31. The zero-order chi connectivity index (χ0) is 12.2. The zero-order valence-electron chi connectivity index (χ0n) is 10.9. The first kappa shape index (κ1) is 10.9. The minimum Gasteiger partial charge on any atom is -0.380 e. The first-order valence-corrected chi connectivity index (χ1v) is 7.27. The molecule has 4 aliphatic rings. The maximum absolute atomic E-state index is 6.62. The third-order valence-electron chi connectivity index (χ3n) is 5.29. The topological polar surface area (TPSA) is 38.0 Å². The van der Waals surface area contributed by atoms with E-state index < -0.39 is 0 Å². The highest BCUT2D eigenvalue weighted by Gasteiger charge is 2.56. The summed E-state index contributed by atoms with van der Waals surface area (Å²) in [6.45, 7) is 0. The second kappa shape index (κ2) is 3.51. The van der Waals surface area contributed by atoms with Crippen molar-refractivity contribution < 1.29 is 0 Å². The third kappa shape index (κ3) is 1.66. The van der Waals surface area contributed by atoms with Gasteiger partial charge in [0.2, 0.25) is 0 Å². The van der Waals surface area contributed by atoms with E-state index in [0.717, 1.165) is 11.8 Å². The molecule has 1 aromatic carbocycles. The van der Waals surface area contributed by atoms with Gasteiger partial charge in [-0.15, -0.1) is 0 Å². The van der Waals surface area contributed by atoms with Gasteiger partial charge in [0.1, 0.15) is 0 Å². The van der Waals surface area contributed by atoms with Crippen molar-refractivity contribution in [1.82, 2.24) is 0 Å². The van der Waals surface area contributed by atoms with Gasteiger partial charge in [-0.25, -0.2) is 0 Å². The monoisotopic (exact) mass is 242 g/mol. The normalized spacial score (nSPS) is 45.2. The Morgan fingerprint density at radius 2 is 1.67 bits per heavy atom. The molecule has 0 aliphatic heterocycles. The molecule has 4 fully saturated rings. The van der Waals surface area contributed by atoms with Crippen LogP contribution >= 0.6 is 0 Å². The van der Waals surface area contributed by atoms with Gasteiger partial charge in [0, 0.05) is 16.8 Å². The van der Waals surface area contributed by atoms with Crippen molar-refractivity contribution in [2.24, 2.45) is 17.6 Å². The van der Waals surface area contributed by atoms with E-state index in [1.165, 1.54) is 44.2 Å². The summed E-state index contributed by atoms with van der Waals surface area (Å²) in [5.74, 6) is 1.74. The van der Waals surface area contributed by atoms with Crippen molar-refractivity contribution in [3.05, 3.63) is 30.3 Å². The Balaban J connectivity index is 1.64. The fourth-order valence-corrected chi connectivity index (χ4v) is 5.31. The van der Waals surface area contributed by atoms with Crippen molar-refractivity contribution in [1.29, 1.82) is 0 Å². The van der Waals surface area contributed by atoms with E-state index in [4.69, 9.17) is 5.73 Å². The number of nitrogens with two attached hydrogens (primary N) is 1. The van der Waals surface area contributed by atoms with Crippen LogP contribution in [0.2, 0.25) is 0 Å². The lowest BCUT2D eigenvalue weighted by Gasteiger charge is -2.61. The summed E-state index contributed by atoms with van der Waals surface area (Å²) in [4.78, 5) is 0. The highest BCUT2D eigenvalue weighted by Crippen LogP contribution is 2.57. The van der Waals surface area contributed by atoms with Crippen LogP contribution in [0.3, 0.4) is 0 Å². The number of nitrogens with one attached hydrogen (secondary N) is 1. The van der Waals surface area contributed by atoms with Crippen molar-refractivity contribution in [2.75, 3.05) is 5.32 Å². The van der Waals surface area contributed by atoms with Gasteiger partial charge in [-0.2, -0.15) is 0 Å². The fraction of sp³-hybridized carbons (Fsp3) is 0.625. The maximum Gasteiger partial charge on any atom is 0.0396 e. The lowest BCUT2D eigenvalue weighted by molar-refractivity contribution is -0.00775. The van der Waals surface area contributed by atoms with E-state index >= 15 is 0 Å². The molecule has 0 amide bonds. The van der Waals surface area contributed by atoms with E-state index in [1.54, 1.807) is 0 Å². The molecule has 0 radical (unpaired) electrons. The Morgan fingerprint density at radius 3 is 2.28 bits per heavy atom. The number of para-hydroxylation sites is 1. The second-order valence-corrected chi connectivity index (χ2v) is 7.09. The zero-order valence-corrected chi connectivity index (χ0v) is 10.9. The summed E-state index contributed by atoms with van der Waals surface area (Å²) >= 11 is 0. The lowest BCUT2D eigenvalue weighted by atomic mass is 9.50. The number of rotatable bonds is 2. The van der Waals surface area contributed by atoms with E-state index in [2.05, 4.69) is 35.6 Å². The molecular weight excluding hydrogens is 220 g/mol. The van der Waals surface area contributed by atoms with Gasteiger partial charge in [0.05, 0.1) is 0 Å². The summed E-state index contributed by atoms with van der Waals surface area (Å²) in [6, 6.07) is 10.7. The molecule has 18 heavy (non-hydrogen) atoms. The Hall–Kier alpha value is -1.02. The standard InChI is InChI=1S/C16H22N2/c17-15-7-12-6-13(8-15)10-16(9-12,11-15)18-14-4-2-1-3-5-14/h1-5,12-13,18H,6-11,17H2. The van der Waals surface area contributed by atoms with Gasteiger partial charge in [0.15, 0.2) is 0 Å². The molecule has 3 N–H and O–H groups in total. The predicted octanol–water partition coefficient (Wildman–Crippen LogP) is 3.15. The molecule has 4 saturated carbocycles. The molecule has 5 rings (SSSR count). The largest absolute Gasteiger partial charge is 0.380 e. The van der Waals surface area contributed by atoms with Gasteiger partial charge < -0.3 is 11.1 Å². The first-order chi connectivity index (χ1) is 8.65. The van der Waals surface area contributed by atoms with Gasteiger partial charge in [-0.05, 0) is 62.5 Å². The second-order valence-electron chi connectivity index (χ2n) is 7.09. The Labute approximate surface area is 109 Å². The van der Waals surface area contributed by atoms with Gasteiger partial charge in [0.25, 0.3) is 0 Å². The Kier molecular flexibility index (Phi) is 2.12. The van der Waals surface area contributed by atoms with Crippen LogP contribution in [-0.4, -0.2) is 11.1 Å². The highest BCUT2D eigenvalue weighted by atomic mass is 15.0. The van der Waals surface area contributed by atoms with E-state index in [0.29, 0.717) is 5.54 Å². The SMILES string of the molecule is NC12CC3CC(C1)CC(Nc1ccccc1)(C3)C2. The number of anilines is 1. The quantitative estimate of drug-likeness (QED) is 0.836. The summed E-state index contributed by atoms with van der Waals surface area (Å²) in [7, 11) is 0. The van der Waals surface area contributed by atoms with Crippen LogP contribution in [0.4, 0.5) is 5.69 Å². The molecule has 0 saturated heterocycles. The average molecular weight is 242 g/mol. The third-order valence-corrected chi connectivity index (χ3v) is 5.29. The molecule has 1 aromatic rings. The van der Waals surface area contributed by atoms with Gasteiger partial charge >= 0.3 is 0 Å². The van der Waals surface area contributed by atoms with Gasteiger partial charge in [-0.3, -0.25) is 0 Å². The molecule has 0 heterocycles. The molecule has 2 nitrogen and oxygen atoms in total. The summed E-state index contributed by atoms with van der Waals surface area (Å²) in [5, 5.41) is 3.83. The van der Waals surface area contributed by atoms with Crippen LogP contribution in [0.25, 0.3) is 0 Å². The number of hydrogen-bond acceptors (Lipinski definition) is 2. The smallest absolute Gasteiger partial charge is 0.0396 e. The molecule has 2 atom stereocenters. The highest BCUT2D eigenvalue weighted by molar-refractivity contribution is 5.46. The van der Waals surface area contributed by atoms with Gasteiger partial charge in [-0.1, -0.05) is 18.2 Å². The average Bonchev–Trinajstić information content (AvgIpc) is 2.25. The maximum atomic E-state index is 6.62. The van der Waals surface area contributed by atoms with Crippen molar-refractivity contribution in [3.8, 4) is 0 Å². The van der Waals surface area contributed by atoms with Crippen LogP contribution in [0.1, 0.15) is 38.5 Å². The number of hydrogen-bond donors (Lipinski definition) is 2. The minimum atomic E-state index is 0.131. The predicted molar refractivity (Wildman–Crippen MR) is 74.4 cm³/mol. The minimum absolute atomic E-state index is 0.131. The Bertz CT molecular complexity index is 439. The van der Waals surface area contributed by atoms with Crippen molar-refractivity contribution in [3.63, 3.8) is 0 Å². The Morgan fingerprint density at radius 1 is 1.00 bits per heavy atom. The molecule has 96 valence electrons. The molecule has 0 aromatic heterocycles. The molecule has 2 heteroatoms. The van der Waals surface area contributed by atoms with Crippen molar-refractivity contribution >= 4 is 5.69 Å². The summed E-state index contributed by atoms with van der Waals surface area (Å²) in [6.07, 6.45) is 7.79. The van der Waals surface area contributed by atoms with E-state index in [-0.39, 0.29) is 5.54 Å². The summed E-state index contributed by atoms with van der Waals surface area (Å²) < 4.78 is 0. The van der Waals surface area contributed by atoms with Crippen LogP contribution in [-0.2, 0) is 0 Å².